The molecular formula is C23H33N3O3. The van der Waals surface area contributed by atoms with E-state index >= 15 is 0 Å². The van der Waals surface area contributed by atoms with E-state index in [-0.39, 0.29) is 17.7 Å². The maximum Gasteiger partial charge on any atom is 0.254 e. The van der Waals surface area contributed by atoms with Crippen molar-refractivity contribution in [1.29, 1.82) is 0 Å². The van der Waals surface area contributed by atoms with Crippen LogP contribution in [0.4, 0.5) is 5.69 Å². The number of piperazine rings is 1. The predicted octanol–water partition coefficient (Wildman–Crippen LogP) is 3.68. The first kappa shape index (κ1) is 21.3. The molecule has 1 aromatic carbocycles. The van der Waals surface area contributed by atoms with E-state index in [1.807, 2.05) is 4.90 Å². The third-order valence-corrected chi connectivity index (χ3v) is 6.13. The van der Waals surface area contributed by atoms with E-state index in [1.54, 1.807) is 36.1 Å². The van der Waals surface area contributed by atoms with Crippen LogP contribution >= 0.6 is 0 Å². The van der Waals surface area contributed by atoms with Gasteiger partial charge in [-0.25, -0.2) is 0 Å². The second kappa shape index (κ2) is 10.4. The summed E-state index contributed by atoms with van der Waals surface area (Å²) >= 11 is 0. The highest BCUT2D eigenvalue weighted by Crippen LogP contribution is 2.27. The summed E-state index contributed by atoms with van der Waals surface area (Å²) in [6, 6.07) is 7.06. The number of nitrogens with zero attached hydrogens (tertiary/aromatic N) is 2. The molecule has 0 aromatic heterocycles. The highest BCUT2D eigenvalue weighted by Gasteiger charge is 2.25. The van der Waals surface area contributed by atoms with Crippen LogP contribution in [-0.4, -0.2) is 53.7 Å². The normalized spacial score (nSPS) is 17.8. The highest BCUT2D eigenvalue weighted by molar-refractivity contribution is 5.97. The Hall–Kier alpha value is -2.37. The molecule has 2 aliphatic rings. The Labute approximate surface area is 173 Å². The summed E-state index contributed by atoms with van der Waals surface area (Å²) in [6.45, 7) is 4.10. The predicted molar refractivity (Wildman–Crippen MR) is 114 cm³/mol. The number of hydrogen-bond acceptors (Lipinski definition) is 3. The molecule has 0 radical (unpaired) electrons. The third kappa shape index (κ3) is 6.05. The lowest BCUT2D eigenvalue weighted by atomic mass is 9.86. The minimum absolute atomic E-state index is 0.0492. The van der Waals surface area contributed by atoms with E-state index in [2.05, 4.69) is 5.32 Å². The highest BCUT2D eigenvalue weighted by atomic mass is 16.2. The molecule has 158 valence electrons. The molecule has 29 heavy (non-hydrogen) atoms. The van der Waals surface area contributed by atoms with Crippen LogP contribution in [0.25, 0.3) is 0 Å². The van der Waals surface area contributed by atoms with Gasteiger partial charge in [0.1, 0.15) is 0 Å². The molecule has 3 rings (SSSR count). The molecule has 1 heterocycles. The van der Waals surface area contributed by atoms with Crippen molar-refractivity contribution in [3.05, 3.63) is 29.8 Å². The zero-order chi connectivity index (χ0) is 20.6. The fourth-order valence-electron chi connectivity index (χ4n) is 4.28. The lowest BCUT2D eigenvalue weighted by Crippen LogP contribution is -2.50. The van der Waals surface area contributed by atoms with Crippen molar-refractivity contribution in [3.8, 4) is 0 Å². The van der Waals surface area contributed by atoms with Crippen LogP contribution in [0.5, 0.6) is 0 Å². The van der Waals surface area contributed by atoms with E-state index in [4.69, 9.17) is 0 Å². The third-order valence-electron chi connectivity index (χ3n) is 6.13. The van der Waals surface area contributed by atoms with Crippen molar-refractivity contribution in [1.82, 2.24) is 9.80 Å². The molecule has 3 amide bonds. The summed E-state index contributed by atoms with van der Waals surface area (Å²) in [7, 11) is 0. The number of carbonyl (C=O) groups is 3. The molecule has 6 nitrogen and oxygen atoms in total. The monoisotopic (exact) mass is 399 g/mol. The fourth-order valence-corrected chi connectivity index (χ4v) is 4.28. The lowest BCUT2D eigenvalue weighted by molar-refractivity contribution is -0.133. The largest absolute Gasteiger partial charge is 0.339 e. The van der Waals surface area contributed by atoms with Gasteiger partial charge in [0.25, 0.3) is 5.91 Å². The summed E-state index contributed by atoms with van der Waals surface area (Å²) in [5, 5.41) is 2.79. The number of benzene rings is 1. The Balaban J connectivity index is 1.47. The van der Waals surface area contributed by atoms with Crippen LogP contribution in [0.1, 0.15) is 68.6 Å². The number of carbonyl (C=O) groups excluding carboxylic acids is 3. The number of rotatable bonds is 6. The van der Waals surface area contributed by atoms with Gasteiger partial charge in [0.15, 0.2) is 0 Å². The average molecular weight is 400 g/mol. The first-order chi connectivity index (χ1) is 14.1. The van der Waals surface area contributed by atoms with Crippen molar-refractivity contribution in [2.24, 2.45) is 5.92 Å². The van der Waals surface area contributed by atoms with Gasteiger partial charge in [-0.05, 0) is 30.5 Å². The van der Waals surface area contributed by atoms with Gasteiger partial charge >= 0.3 is 0 Å². The second-order valence-electron chi connectivity index (χ2n) is 8.20. The Morgan fingerprint density at radius 3 is 2.38 bits per heavy atom. The number of hydrogen-bond donors (Lipinski definition) is 1. The Bertz CT molecular complexity index is 720. The minimum Gasteiger partial charge on any atom is -0.339 e. The maximum absolute atomic E-state index is 12.8. The van der Waals surface area contributed by atoms with E-state index in [1.165, 1.54) is 32.1 Å². The van der Waals surface area contributed by atoms with E-state index < -0.39 is 0 Å². The molecule has 1 aliphatic heterocycles. The fraction of sp³-hybridized carbons (Fsp3) is 0.609. The number of nitrogens with one attached hydrogen (secondary N) is 1. The van der Waals surface area contributed by atoms with Crippen LogP contribution in [0, 0.1) is 5.92 Å². The van der Waals surface area contributed by atoms with Crippen molar-refractivity contribution >= 4 is 23.4 Å². The number of amides is 3. The minimum atomic E-state index is -0.0741. The SMILES string of the molecule is CCC(=O)Nc1cccc(C(=O)N2CCN(C(=O)CCC3CCCCC3)CC2)c1. The van der Waals surface area contributed by atoms with E-state index in [0.717, 1.165) is 12.3 Å². The Kier molecular flexibility index (Phi) is 7.67. The van der Waals surface area contributed by atoms with Gasteiger partial charge in [-0.1, -0.05) is 45.1 Å². The standard InChI is InChI=1S/C23H33N3O3/c1-2-21(27)24-20-10-6-9-19(17-20)23(29)26-15-13-25(14-16-26)22(28)12-11-18-7-4-3-5-8-18/h6,9-10,17-18H,2-5,7-8,11-16H2,1H3,(H,24,27). The number of anilines is 1. The summed E-state index contributed by atoms with van der Waals surface area (Å²) in [6.07, 6.45) is 8.54. The van der Waals surface area contributed by atoms with Gasteiger partial charge in [-0.3, -0.25) is 14.4 Å². The molecule has 6 heteroatoms. The molecule has 1 aliphatic carbocycles. The molecule has 1 saturated heterocycles. The quantitative estimate of drug-likeness (QED) is 0.793. The average Bonchev–Trinajstić information content (AvgIpc) is 2.78. The van der Waals surface area contributed by atoms with Gasteiger partial charge in [-0.2, -0.15) is 0 Å². The van der Waals surface area contributed by atoms with Gasteiger partial charge in [-0.15, -0.1) is 0 Å². The van der Waals surface area contributed by atoms with Gasteiger partial charge in [0.05, 0.1) is 0 Å². The van der Waals surface area contributed by atoms with Crippen LogP contribution in [0.15, 0.2) is 24.3 Å². The molecule has 2 fully saturated rings. The zero-order valence-electron chi connectivity index (χ0n) is 17.5. The van der Waals surface area contributed by atoms with E-state index in [0.29, 0.717) is 50.3 Å². The molecule has 1 N–H and O–H groups in total. The summed E-state index contributed by atoms with van der Waals surface area (Å²) in [5.41, 5.74) is 1.20. The van der Waals surface area contributed by atoms with E-state index in [9.17, 15) is 14.4 Å². The van der Waals surface area contributed by atoms with Crippen molar-refractivity contribution in [2.45, 2.75) is 58.3 Å². The zero-order valence-corrected chi connectivity index (χ0v) is 17.5. The maximum atomic E-state index is 12.8. The van der Waals surface area contributed by atoms with Crippen LogP contribution in [-0.2, 0) is 9.59 Å². The summed E-state index contributed by atoms with van der Waals surface area (Å²) in [4.78, 5) is 40.6. The molecule has 1 aromatic rings. The van der Waals surface area contributed by atoms with Gasteiger partial charge < -0.3 is 15.1 Å². The molecule has 0 unspecified atom stereocenters. The summed E-state index contributed by atoms with van der Waals surface area (Å²) < 4.78 is 0. The van der Waals surface area contributed by atoms with Crippen LogP contribution in [0.2, 0.25) is 0 Å². The van der Waals surface area contributed by atoms with Crippen LogP contribution in [0.3, 0.4) is 0 Å². The van der Waals surface area contributed by atoms with Crippen molar-refractivity contribution < 1.29 is 14.4 Å². The molecular weight excluding hydrogens is 366 g/mol. The molecule has 1 saturated carbocycles. The molecule has 0 bridgehead atoms. The molecule has 0 spiro atoms. The summed E-state index contributed by atoms with van der Waals surface area (Å²) in [5.74, 6) is 0.824. The van der Waals surface area contributed by atoms with Crippen molar-refractivity contribution in [3.63, 3.8) is 0 Å². The molecule has 0 atom stereocenters. The topological polar surface area (TPSA) is 69.7 Å². The lowest BCUT2D eigenvalue weighted by Gasteiger charge is -2.35. The first-order valence-corrected chi connectivity index (χ1v) is 11.0. The first-order valence-electron chi connectivity index (χ1n) is 11.0. The Morgan fingerprint density at radius 1 is 1.00 bits per heavy atom. The van der Waals surface area contributed by atoms with Crippen molar-refractivity contribution in [2.75, 3.05) is 31.5 Å². The van der Waals surface area contributed by atoms with Crippen LogP contribution < -0.4 is 5.32 Å². The smallest absolute Gasteiger partial charge is 0.254 e. The van der Waals surface area contributed by atoms with Gasteiger partial charge in [0.2, 0.25) is 11.8 Å². The Morgan fingerprint density at radius 2 is 1.69 bits per heavy atom. The second-order valence-corrected chi connectivity index (χ2v) is 8.20. The van der Waals surface area contributed by atoms with Gasteiger partial charge in [0, 0.05) is 50.3 Å².